The van der Waals surface area contributed by atoms with Crippen LogP contribution in [-0.2, 0) is 19.6 Å². The average Bonchev–Trinajstić information content (AvgIpc) is 2.90. The van der Waals surface area contributed by atoms with E-state index in [1.807, 2.05) is 18.2 Å². The standard InChI is InChI=1S/C27H37ClN4O4S/c1-18(2)37(34,35)32-11-5-7-22(17-32)27(33)31-26-15-24(25(28)16-29-26)21-6-4-8-23(14-21)30-19(3)20-9-12-36-13-10-20/h4,6,8,14-16,18-20,22,30H,5,7,9-13,17H2,1-3H3,(H,29,31,33). The first-order chi connectivity index (χ1) is 17.6. The van der Waals surface area contributed by atoms with Crippen molar-refractivity contribution in [2.45, 2.75) is 57.7 Å². The number of rotatable bonds is 8. The molecular formula is C27H37ClN4O4S. The van der Waals surface area contributed by atoms with Crippen molar-refractivity contribution in [1.29, 1.82) is 0 Å². The lowest BCUT2D eigenvalue weighted by Gasteiger charge is -2.32. The lowest BCUT2D eigenvalue weighted by molar-refractivity contribution is -0.120. The van der Waals surface area contributed by atoms with Gasteiger partial charge in [0, 0.05) is 49.8 Å². The summed E-state index contributed by atoms with van der Waals surface area (Å²) in [5.41, 5.74) is 2.68. The molecule has 2 saturated heterocycles. The number of nitrogens with one attached hydrogen (secondary N) is 2. The number of carbonyl (C=O) groups is 1. The van der Waals surface area contributed by atoms with Crippen molar-refractivity contribution in [1.82, 2.24) is 9.29 Å². The average molecular weight is 549 g/mol. The third kappa shape index (κ3) is 6.82. The minimum absolute atomic E-state index is 0.186. The van der Waals surface area contributed by atoms with Gasteiger partial charge in [0.2, 0.25) is 15.9 Å². The number of halogens is 1. The van der Waals surface area contributed by atoms with Crippen LogP contribution in [0.15, 0.2) is 36.5 Å². The van der Waals surface area contributed by atoms with Crippen molar-refractivity contribution in [3.8, 4) is 11.1 Å². The van der Waals surface area contributed by atoms with Gasteiger partial charge in [0.05, 0.1) is 16.2 Å². The molecule has 2 aliphatic rings. The molecule has 1 aromatic carbocycles. The van der Waals surface area contributed by atoms with E-state index < -0.39 is 21.2 Å². The second-order valence-corrected chi connectivity index (χ2v) is 13.2. The van der Waals surface area contributed by atoms with Crippen molar-refractivity contribution < 1.29 is 17.9 Å². The van der Waals surface area contributed by atoms with Crippen LogP contribution in [0.1, 0.15) is 46.5 Å². The predicted octanol–water partition coefficient (Wildman–Crippen LogP) is 5.02. The Labute approximate surface area is 225 Å². The summed E-state index contributed by atoms with van der Waals surface area (Å²) in [6.07, 6.45) is 4.92. The van der Waals surface area contributed by atoms with Gasteiger partial charge < -0.3 is 15.4 Å². The van der Waals surface area contributed by atoms with Gasteiger partial charge in [-0.05, 0) is 76.1 Å². The fraction of sp³-hybridized carbons (Fsp3) is 0.556. The quantitative estimate of drug-likeness (QED) is 0.480. The lowest BCUT2D eigenvalue weighted by atomic mass is 9.92. The largest absolute Gasteiger partial charge is 0.382 e. The Morgan fingerprint density at radius 2 is 1.92 bits per heavy atom. The van der Waals surface area contributed by atoms with Gasteiger partial charge in [-0.1, -0.05) is 23.7 Å². The maximum absolute atomic E-state index is 13.0. The number of ether oxygens (including phenoxy) is 1. The SMILES string of the molecule is CC(Nc1cccc(-c2cc(NC(=O)C3CCCN(S(=O)(=O)C(C)C)C3)ncc2Cl)c1)C1CCOCC1. The summed E-state index contributed by atoms with van der Waals surface area (Å²) in [6.45, 7) is 7.78. The zero-order valence-corrected chi connectivity index (χ0v) is 23.3. The van der Waals surface area contributed by atoms with E-state index in [1.165, 1.54) is 10.5 Å². The molecule has 3 heterocycles. The van der Waals surface area contributed by atoms with Gasteiger partial charge >= 0.3 is 0 Å². The molecule has 0 spiro atoms. The molecule has 2 aliphatic heterocycles. The van der Waals surface area contributed by atoms with E-state index in [0.29, 0.717) is 42.2 Å². The Morgan fingerprint density at radius 3 is 2.65 bits per heavy atom. The third-order valence-corrected chi connectivity index (χ3v) is 9.90. The van der Waals surface area contributed by atoms with Crippen LogP contribution in [0.4, 0.5) is 11.5 Å². The van der Waals surface area contributed by atoms with Gasteiger partial charge in [-0.2, -0.15) is 0 Å². The van der Waals surface area contributed by atoms with Crippen molar-refractivity contribution >= 4 is 39.0 Å². The van der Waals surface area contributed by atoms with Crippen molar-refractivity contribution in [3.05, 3.63) is 41.6 Å². The number of hydrogen-bond acceptors (Lipinski definition) is 6. The number of anilines is 2. The molecule has 1 aromatic heterocycles. The van der Waals surface area contributed by atoms with Gasteiger partial charge in [0.1, 0.15) is 5.82 Å². The fourth-order valence-corrected chi connectivity index (χ4v) is 6.60. The number of piperidine rings is 1. The highest BCUT2D eigenvalue weighted by Crippen LogP contribution is 2.32. The molecule has 0 radical (unpaired) electrons. The topological polar surface area (TPSA) is 101 Å². The van der Waals surface area contributed by atoms with Crippen molar-refractivity contribution in [2.24, 2.45) is 11.8 Å². The first-order valence-electron chi connectivity index (χ1n) is 13.0. The predicted molar refractivity (Wildman–Crippen MR) is 148 cm³/mol. The van der Waals surface area contributed by atoms with Gasteiger partial charge in [-0.15, -0.1) is 0 Å². The molecule has 37 heavy (non-hydrogen) atoms. The summed E-state index contributed by atoms with van der Waals surface area (Å²) in [7, 11) is -3.40. The molecule has 2 unspecified atom stereocenters. The maximum atomic E-state index is 13.0. The van der Waals surface area contributed by atoms with E-state index in [4.69, 9.17) is 16.3 Å². The van der Waals surface area contributed by atoms with Crippen molar-refractivity contribution in [2.75, 3.05) is 36.9 Å². The summed E-state index contributed by atoms with van der Waals surface area (Å²) in [6, 6.07) is 10.1. The molecule has 1 amide bonds. The highest BCUT2D eigenvalue weighted by molar-refractivity contribution is 7.89. The lowest BCUT2D eigenvalue weighted by Crippen LogP contribution is -2.46. The molecule has 10 heteroatoms. The Hall–Kier alpha value is -2.20. The number of hydrogen-bond donors (Lipinski definition) is 2. The number of aromatic nitrogens is 1. The minimum Gasteiger partial charge on any atom is -0.382 e. The van der Waals surface area contributed by atoms with Gasteiger partial charge in [0.25, 0.3) is 0 Å². The zero-order valence-electron chi connectivity index (χ0n) is 21.7. The monoisotopic (exact) mass is 548 g/mol. The van der Waals surface area contributed by atoms with Crippen molar-refractivity contribution in [3.63, 3.8) is 0 Å². The van der Waals surface area contributed by atoms with Crippen LogP contribution in [-0.4, -0.2) is 61.2 Å². The molecule has 4 rings (SSSR count). The number of benzene rings is 1. The normalized spacial score (nSPS) is 20.5. The van der Waals surface area contributed by atoms with E-state index in [0.717, 1.165) is 42.9 Å². The Balaban J connectivity index is 1.46. The molecule has 202 valence electrons. The van der Waals surface area contributed by atoms with E-state index in [1.54, 1.807) is 19.9 Å². The van der Waals surface area contributed by atoms with Crippen LogP contribution in [0, 0.1) is 11.8 Å². The third-order valence-electron chi connectivity index (χ3n) is 7.36. The first-order valence-corrected chi connectivity index (χ1v) is 14.9. The second kappa shape index (κ2) is 12.1. The molecule has 2 fully saturated rings. The van der Waals surface area contributed by atoms with Gasteiger partial charge in [-0.3, -0.25) is 4.79 Å². The molecule has 8 nitrogen and oxygen atoms in total. The molecule has 2 atom stereocenters. The van der Waals surface area contributed by atoms with Crippen LogP contribution in [0.25, 0.3) is 11.1 Å². The minimum atomic E-state index is -3.40. The molecule has 0 aliphatic carbocycles. The number of sulfonamides is 1. The first kappa shape index (κ1) is 27.8. The van der Waals surface area contributed by atoms with E-state index in [2.05, 4.69) is 28.6 Å². The highest BCUT2D eigenvalue weighted by atomic mass is 35.5. The second-order valence-electron chi connectivity index (χ2n) is 10.3. The highest BCUT2D eigenvalue weighted by Gasteiger charge is 2.34. The smallest absolute Gasteiger partial charge is 0.229 e. The summed E-state index contributed by atoms with van der Waals surface area (Å²) in [4.78, 5) is 17.3. The van der Waals surface area contributed by atoms with Crippen LogP contribution >= 0.6 is 11.6 Å². The molecule has 2 aromatic rings. The Morgan fingerprint density at radius 1 is 1.16 bits per heavy atom. The molecular weight excluding hydrogens is 512 g/mol. The zero-order chi connectivity index (χ0) is 26.6. The summed E-state index contributed by atoms with van der Waals surface area (Å²) in [5.74, 6) is 0.296. The maximum Gasteiger partial charge on any atom is 0.229 e. The van der Waals surface area contributed by atoms with E-state index >= 15 is 0 Å². The van der Waals surface area contributed by atoms with Crippen LogP contribution < -0.4 is 10.6 Å². The number of amides is 1. The number of carbonyl (C=O) groups excluding carboxylic acids is 1. The van der Waals surface area contributed by atoms with Crippen LogP contribution in [0.2, 0.25) is 5.02 Å². The summed E-state index contributed by atoms with van der Waals surface area (Å²) in [5, 5.41) is 6.47. The van der Waals surface area contributed by atoms with Crippen LogP contribution in [0.5, 0.6) is 0 Å². The van der Waals surface area contributed by atoms with E-state index in [9.17, 15) is 13.2 Å². The Bertz CT molecular complexity index is 1200. The number of pyridine rings is 1. The Kier molecular flexibility index (Phi) is 9.11. The van der Waals surface area contributed by atoms with Gasteiger partial charge in [0.15, 0.2) is 0 Å². The van der Waals surface area contributed by atoms with E-state index in [-0.39, 0.29) is 12.5 Å². The molecule has 2 N–H and O–H groups in total. The number of nitrogens with zero attached hydrogens (tertiary/aromatic N) is 2. The molecule has 0 bridgehead atoms. The van der Waals surface area contributed by atoms with Crippen LogP contribution in [0.3, 0.4) is 0 Å². The summed E-state index contributed by atoms with van der Waals surface area (Å²) >= 11 is 6.51. The fourth-order valence-electron chi connectivity index (χ4n) is 5.02. The van der Waals surface area contributed by atoms with Gasteiger partial charge in [-0.25, -0.2) is 17.7 Å². The molecule has 0 saturated carbocycles. The summed E-state index contributed by atoms with van der Waals surface area (Å²) < 4.78 is 32.1.